The van der Waals surface area contributed by atoms with Crippen molar-refractivity contribution < 1.29 is 47.4 Å². The molecule has 0 heterocycles. The minimum atomic E-state index is 0.534. The molecule has 0 aromatic carbocycles. The molecule has 260 valence electrons. The standard InChI is InChI=1S/C33H68O10/c1-3-5-6-7-8-9-10-11-12-13-14-15-35-18-19-37-22-23-39-26-27-41-30-31-43-33-32-42-29-28-40-25-24-38-21-20-36-17-16-34-4-2/h3-33H2,1-2H3. The van der Waals surface area contributed by atoms with Crippen LogP contribution in [0.4, 0.5) is 0 Å². The molecule has 43 heavy (non-hydrogen) atoms. The van der Waals surface area contributed by atoms with Gasteiger partial charge in [-0.15, -0.1) is 0 Å². The molecule has 0 radical (unpaired) electrons. The highest BCUT2D eigenvalue weighted by Crippen LogP contribution is 2.11. The van der Waals surface area contributed by atoms with Crippen LogP contribution in [-0.2, 0) is 47.4 Å². The molecule has 0 aliphatic rings. The molecule has 0 spiro atoms. The summed E-state index contributed by atoms with van der Waals surface area (Å²) in [5.41, 5.74) is 0. The van der Waals surface area contributed by atoms with E-state index >= 15 is 0 Å². The van der Waals surface area contributed by atoms with Crippen molar-refractivity contribution in [3.8, 4) is 0 Å². The van der Waals surface area contributed by atoms with Gasteiger partial charge in [-0.2, -0.15) is 0 Å². The monoisotopic (exact) mass is 624 g/mol. The average molecular weight is 625 g/mol. The first-order chi connectivity index (χ1) is 21.4. The van der Waals surface area contributed by atoms with Gasteiger partial charge in [-0.3, -0.25) is 0 Å². The van der Waals surface area contributed by atoms with E-state index in [9.17, 15) is 0 Å². The number of rotatable bonds is 40. The van der Waals surface area contributed by atoms with Crippen molar-refractivity contribution in [1.29, 1.82) is 0 Å². The first-order valence-electron chi connectivity index (χ1n) is 17.2. The number of hydrogen-bond donors (Lipinski definition) is 0. The zero-order chi connectivity index (χ0) is 31.0. The summed E-state index contributed by atoms with van der Waals surface area (Å²) in [6, 6.07) is 0. The molecule has 0 aliphatic carbocycles. The van der Waals surface area contributed by atoms with Crippen LogP contribution >= 0.6 is 0 Å². The Labute approximate surface area is 264 Å². The Hall–Kier alpha value is -0.400. The van der Waals surface area contributed by atoms with E-state index in [-0.39, 0.29) is 0 Å². The van der Waals surface area contributed by atoms with Gasteiger partial charge in [0.2, 0.25) is 0 Å². The third-order valence-electron chi connectivity index (χ3n) is 6.44. The van der Waals surface area contributed by atoms with E-state index in [0.29, 0.717) is 126 Å². The fourth-order valence-electron chi connectivity index (χ4n) is 3.99. The third-order valence-corrected chi connectivity index (χ3v) is 6.44. The molecule has 0 atom stereocenters. The Morgan fingerprint density at radius 3 is 0.674 bits per heavy atom. The summed E-state index contributed by atoms with van der Waals surface area (Å²) in [7, 11) is 0. The van der Waals surface area contributed by atoms with Gasteiger partial charge >= 0.3 is 0 Å². The fourth-order valence-corrected chi connectivity index (χ4v) is 3.99. The summed E-state index contributed by atoms with van der Waals surface area (Å²) in [5.74, 6) is 0. The molecule has 0 aromatic heterocycles. The van der Waals surface area contributed by atoms with Crippen LogP contribution in [0, 0.1) is 0 Å². The molecule has 0 aliphatic heterocycles. The van der Waals surface area contributed by atoms with Crippen molar-refractivity contribution in [3.05, 3.63) is 0 Å². The molecular formula is C33H68O10. The molecule has 0 saturated heterocycles. The van der Waals surface area contributed by atoms with Gasteiger partial charge in [0.05, 0.1) is 119 Å². The Balaban J connectivity index is 3.02. The Morgan fingerprint density at radius 2 is 0.419 bits per heavy atom. The normalized spacial score (nSPS) is 11.6. The molecule has 0 rings (SSSR count). The van der Waals surface area contributed by atoms with Gasteiger partial charge in [0, 0.05) is 13.2 Å². The summed E-state index contributed by atoms with van der Waals surface area (Å²) in [4.78, 5) is 0. The summed E-state index contributed by atoms with van der Waals surface area (Å²) in [5, 5.41) is 0. The first kappa shape index (κ1) is 42.6. The Morgan fingerprint density at radius 1 is 0.209 bits per heavy atom. The largest absolute Gasteiger partial charge is 0.379 e. The summed E-state index contributed by atoms with van der Waals surface area (Å²) in [6.07, 6.45) is 14.9. The van der Waals surface area contributed by atoms with E-state index in [2.05, 4.69) is 6.92 Å². The van der Waals surface area contributed by atoms with Gasteiger partial charge in [0.25, 0.3) is 0 Å². The Kier molecular flexibility index (Phi) is 41.2. The average Bonchev–Trinajstić information content (AvgIpc) is 3.02. The van der Waals surface area contributed by atoms with Crippen LogP contribution in [0.3, 0.4) is 0 Å². The predicted octanol–water partition coefficient (Wildman–Crippen LogP) is 5.48. The van der Waals surface area contributed by atoms with E-state index in [4.69, 9.17) is 47.4 Å². The number of hydrogen-bond acceptors (Lipinski definition) is 10. The van der Waals surface area contributed by atoms with Crippen molar-refractivity contribution in [2.24, 2.45) is 0 Å². The SMILES string of the molecule is CCCCCCCCCCCCCOCCOCCOCCOCCOCCOCCOCCOCCOCCOCC. The first-order valence-corrected chi connectivity index (χ1v) is 17.2. The highest BCUT2D eigenvalue weighted by Gasteiger charge is 1.97. The lowest BCUT2D eigenvalue weighted by molar-refractivity contribution is -0.0263. The van der Waals surface area contributed by atoms with E-state index in [1.54, 1.807) is 0 Å². The topological polar surface area (TPSA) is 92.3 Å². The van der Waals surface area contributed by atoms with Crippen molar-refractivity contribution in [2.75, 3.05) is 132 Å². The van der Waals surface area contributed by atoms with Gasteiger partial charge < -0.3 is 47.4 Å². The summed E-state index contributed by atoms with van der Waals surface area (Å²) < 4.78 is 54.6. The predicted molar refractivity (Wildman–Crippen MR) is 170 cm³/mol. The van der Waals surface area contributed by atoms with E-state index in [0.717, 1.165) is 13.0 Å². The minimum Gasteiger partial charge on any atom is -0.379 e. The minimum absolute atomic E-state index is 0.534. The summed E-state index contributed by atoms with van der Waals surface area (Å²) in [6.45, 7) is 16.0. The highest BCUT2D eigenvalue weighted by atomic mass is 16.6. The molecule has 10 heteroatoms. The number of ether oxygens (including phenoxy) is 10. The van der Waals surface area contributed by atoms with Crippen LogP contribution in [0.15, 0.2) is 0 Å². The van der Waals surface area contributed by atoms with Gasteiger partial charge in [0.1, 0.15) is 0 Å². The van der Waals surface area contributed by atoms with Gasteiger partial charge in [-0.25, -0.2) is 0 Å². The van der Waals surface area contributed by atoms with Crippen LogP contribution in [0.1, 0.15) is 84.5 Å². The molecule has 0 amide bonds. The zero-order valence-electron chi connectivity index (χ0n) is 28.0. The van der Waals surface area contributed by atoms with Gasteiger partial charge in [-0.1, -0.05) is 71.1 Å². The highest BCUT2D eigenvalue weighted by molar-refractivity contribution is 4.48. The van der Waals surface area contributed by atoms with Gasteiger partial charge in [0.15, 0.2) is 0 Å². The molecule has 0 saturated carbocycles. The molecule has 0 bridgehead atoms. The second kappa shape index (κ2) is 41.6. The molecule has 0 aromatic rings. The fraction of sp³-hybridized carbons (Fsp3) is 1.00. The van der Waals surface area contributed by atoms with E-state index < -0.39 is 0 Å². The maximum atomic E-state index is 5.65. The van der Waals surface area contributed by atoms with Crippen molar-refractivity contribution >= 4 is 0 Å². The zero-order valence-corrected chi connectivity index (χ0v) is 28.0. The molecule has 0 fully saturated rings. The van der Waals surface area contributed by atoms with Crippen molar-refractivity contribution in [1.82, 2.24) is 0 Å². The van der Waals surface area contributed by atoms with Crippen molar-refractivity contribution in [3.63, 3.8) is 0 Å². The molecular weight excluding hydrogens is 556 g/mol. The van der Waals surface area contributed by atoms with Crippen LogP contribution in [0.2, 0.25) is 0 Å². The van der Waals surface area contributed by atoms with Crippen LogP contribution in [0.25, 0.3) is 0 Å². The maximum absolute atomic E-state index is 5.65. The molecule has 0 unspecified atom stereocenters. The van der Waals surface area contributed by atoms with Crippen molar-refractivity contribution in [2.45, 2.75) is 84.5 Å². The summed E-state index contributed by atoms with van der Waals surface area (Å²) >= 11 is 0. The van der Waals surface area contributed by atoms with E-state index in [1.165, 1.54) is 64.2 Å². The van der Waals surface area contributed by atoms with Crippen LogP contribution in [-0.4, -0.2) is 132 Å². The van der Waals surface area contributed by atoms with Crippen LogP contribution < -0.4 is 0 Å². The molecule has 10 nitrogen and oxygen atoms in total. The second-order valence-corrected chi connectivity index (χ2v) is 10.2. The maximum Gasteiger partial charge on any atom is 0.0701 e. The van der Waals surface area contributed by atoms with Gasteiger partial charge in [-0.05, 0) is 13.3 Å². The third kappa shape index (κ3) is 41.6. The second-order valence-electron chi connectivity index (χ2n) is 10.2. The quantitative estimate of drug-likeness (QED) is 0.0816. The lowest BCUT2D eigenvalue weighted by atomic mass is 10.1. The Bertz CT molecular complexity index is 433. The van der Waals surface area contributed by atoms with Crippen LogP contribution in [0.5, 0.6) is 0 Å². The lowest BCUT2D eigenvalue weighted by Crippen LogP contribution is -2.15. The lowest BCUT2D eigenvalue weighted by Gasteiger charge is -2.09. The number of unbranched alkanes of at least 4 members (excludes halogenated alkanes) is 10. The molecule has 0 N–H and O–H groups in total. The smallest absolute Gasteiger partial charge is 0.0701 e. The van der Waals surface area contributed by atoms with E-state index in [1.807, 2.05) is 6.92 Å².